The van der Waals surface area contributed by atoms with Crippen molar-refractivity contribution in [2.75, 3.05) is 33.4 Å². The molecule has 0 bridgehead atoms. The average molecular weight is 245 g/mol. The molecule has 0 amide bonds. The fourth-order valence-corrected chi connectivity index (χ4v) is 2.03. The zero-order valence-electron chi connectivity index (χ0n) is 11.2. The van der Waals surface area contributed by atoms with Crippen LogP contribution >= 0.6 is 0 Å². The van der Waals surface area contributed by atoms with Crippen LogP contribution in [0.3, 0.4) is 0 Å². The van der Waals surface area contributed by atoms with E-state index in [0.29, 0.717) is 19.3 Å². The highest BCUT2D eigenvalue weighted by Crippen LogP contribution is 2.29. The molecule has 0 radical (unpaired) electrons. The van der Waals surface area contributed by atoms with Gasteiger partial charge < -0.3 is 19.9 Å². The van der Waals surface area contributed by atoms with E-state index in [0.717, 1.165) is 44.8 Å². The second-order valence-corrected chi connectivity index (χ2v) is 4.93. The van der Waals surface area contributed by atoms with Gasteiger partial charge in [-0.3, -0.25) is 0 Å². The maximum atomic E-state index is 9.62. The lowest BCUT2D eigenvalue weighted by atomic mass is 9.82. The van der Waals surface area contributed by atoms with Crippen LogP contribution in [-0.4, -0.2) is 50.7 Å². The smallest absolute Gasteiger partial charge is 0.101 e. The van der Waals surface area contributed by atoms with Gasteiger partial charge >= 0.3 is 0 Å². The van der Waals surface area contributed by atoms with Crippen molar-refractivity contribution >= 4 is 0 Å². The lowest BCUT2D eigenvalue weighted by Gasteiger charge is -2.35. The van der Waals surface area contributed by atoms with Crippen LogP contribution in [-0.2, 0) is 9.47 Å². The first-order valence-electron chi connectivity index (χ1n) is 6.78. The van der Waals surface area contributed by atoms with Gasteiger partial charge in [-0.05, 0) is 38.8 Å². The number of hydrogen-bond donors (Lipinski definition) is 2. The van der Waals surface area contributed by atoms with Crippen molar-refractivity contribution in [2.24, 2.45) is 5.92 Å². The van der Waals surface area contributed by atoms with Crippen LogP contribution in [0.2, 0.25) is 0 Å². The second-order valence-electron chi connectivity index (χ2n) is 4.93. The van der Waals surface area contributed by atoms with Crippen LogP contribution < -0.4 is 5.32 Å². The molecule has 17 heavy (non-hydrogen) atoms. The summed E-state index contributed by atoms with van der Waals surface area (Å²) in [5, 5.41) is 12.8. The predicted octanol–water partition coefficient (Wildman–Crippen LogP) is 1.18. The van der Waals surface area contributed by atoms with Gasteiger partial charge in [-0.25, -0.2) is 0 Å². The molecule has 2 N–H and O–H groups in total. The fraction of sp³-hybridized carbons (Fsp3) is 1.00. The van der Waals surface area contributed by atoms with Crippen molar-refractivity contribution in [1.82, 2.24) is 5.32 Å². The summed E-state index contributed by atoms with van der Waals surface area (Å²) < 4.78 is 11.0. The summed E-state index contributed by atoms with van der Waals surface area (Å²) in [7, 11) is 1.98. The molecule has 1 unspecified atom stereocenters. The summed E-state index contributed by atoms with van der Waals surface area (Å²) in [5.74, 6) is 0.753. The molecule has 1 atom stereocenters. The zero-order valence-corrected chi connectivity index (χ0v) is 11.2. The van der Waals surface area contributed by atoms with Crippen LogP contribution in [0.5, 0.6) is 0 Å². The van der Waals surface area contributed by atoms with E-state index < -0.39 is 6.10 Å². The van der Waals surface area contributed by atoms with Gasteiger partial charge in [-0.15, -0.1) is 0 Å². The Kier molecular flexibility index (Phi) is 7.77. The SMILES string of the molecule is CCCCOCC(O)COC1CC(CNC)C1. The lowest BCUT2D eigenvalue weighted by molar-refractivity contribution is -0.0808. The molecule has 4 nitrogen and oxygen atoms in total. The van der Waals surface area contributed by atoms with Crippen LogP contribution in [0.25, 0.3) is 0 Å². The molecular formula is C13H27NO3. The van der Waals surface area contributed by atoms with Gasteiger partial charge in [0.1, 0.15) is 6.10 Å². The van der Waals surface area contributed by atoms with Gasteiger partial charge in [0.15, 0.2) is 0 Å². The highest BCUT2D eigenvalue weighted by molar-refractivity contribution is 4.81. The third-order valence-corrected chi connectivity index (χ3v) is 3.16. The molecule has 0 heterocycles. The Bertz CT molecular complexity index is 184. The maximum Gasteiger partial charge on any atom is 0.101 e. The molecule has 1 fully saturated rings. The van der Waals surface area contributed by atoms with E-state index in [2.05, 4.69) is 12.2 Å². The van der Waals surface area contributed by atoms with Gasteiger partial charge in [-0.1, -0.05) is 13.3 Å². The molecule has 0 aromatic heterocycles. The Morgan fingerprint density at radius 2 is 2.12 bits per heavy atom. The number of nitrogens with one attached hydrogen (secondary N) is 1. The normalized spacial score (nSPS) is 25.6. The minimum Gasteiger partial charge on any atom is -0.388 e. The van der Waals surface area contributed by atoms with Crippen LogP contribution in [0, 0.1) is 5.92 Å². The average Bonchev–Trinajstić information content (AvgIpc) is 2.27. The molecule has 0 spiro atoms. The Morgan fingerprint density at radius 3 is 2.76 bits per heavy atom. The second kappa shape index (κ2) is 8.86. The quantitative estimate of drug-likeness (QED) is 0.567. The van der Waals surface area contributed by atoms with Crippen LogP contribution in [0.15, 0.2) is 0 Å². The summed E-state index contributed by atoms with van der Waals surface area (Å²) in [4.78, 5) is 0. The van der Waals surface area contributed by atoms with Crippen LogP contribution in [0.4, 0.5) is 0 Å². The first-order valence-corrected chi connectivity index (χ1v) is 6.78. The molecule has 102 valence electrons. The summed E-state index contributed by atoms with van der Waals surface area (Å²) in [5.41, 5.74) is 0. The summed E-state index contributed by atoms with van der Waals surface area (Å²) in [6.07, 6.45) is 4.28. The number of aliphatic hydroxyl groups is 1. The van der Waals surface area contributed by atoms with E-state index in [1.165, 1.54) is 0 Å². The molecule has 0 aromatic rings. The van der Waals surface area contributed by atoms with E-state index in [1.807, 2.05) is 7.05 Å². The van der Waals surface area contributed by atoms with Crippen molar-refractivity contribution < 1.29 is 14.6 Å². The first kappa shape index (κ1) is 14.9. The lowest BCUT2D eigenvalue weighted by Crippen LogP contribution is -2.38. The zero-order chi connectivity index (χ0) is 12.5. The number of hydrogen-bond acceptors (Lipinski definition) is 4. The summed E-state index contributed by atoms with van der Waals surface area (Å²) in [6, 6.07) is 0. The minimum atomic E-state index is -0.477. The maximum absolute atomic E-state index is 9.62. The Hall–Kier alpha value is -0.160. The van der Waals surface area contributed by atoms with E-state index in [-0.39, 0.29) is 0 Å². The molecule has 0 aromatic carbocycles. The van der Waals surface area contributed by atoms with Crippen molar-refractivity contribution in [3.8, 4) is 0 Å². The highest BCUT2D eigenvalue weighted by atomic mass is 16.5. The number of aliphatic hydroxyl groups excluding tert-OH is 1. The fourth-order valence-electron chi connectivity index (χ4n) is 2.03. The first-order chi connectivity index (χ1) is 8.26. The standard InChI is InChI=1S/C13H27NO3/c1-3-4-5-16-9-12(15)10-17-13-6-11(7-13)8-14-2/h11-15H,3-10H2,1-2H3. The molecule has 1 aliphatic rings. The van der Waals surface area contributed by atoms with E-state index in [9.17, 15) is 5.11 Å². The number of ether oxygens (including phenoxy) is 2. The molecule has 0 saturated heterocycles. The molecule has 4 heteroatoms. The third-order valence-electron chi connectivity index (χ3n) is 3.16. The van der Waals surface area contributed by atoms with Crippen molar-refractivity contribution in [1.29, 1.82) is 0 Å². The molecule has 0 aliphatic heterocycles. The Labute approximate surface area is 105 Å². The van der Waals surface area contributed by atoms with E-state index >= 15 is 0 Å². The number of unbranched alkanes of at least 4 members (excludes halogenated alkanes) is 1. The van der Waals surface area contributed by atoms with E-state index in [1.54, 1.807) is 0 Å². The van der Waals surface area contributed by atoms with Crippen LogP contribution in [0.1, 0.15) is 32.6 Å². The summed E-state index contributed by atoms with van der Waals surface area (Å²) in [6.45, 7) is 4.74. The summed E-state index contributed by atoms with van der Waals surface area (Å²) >= 11 is 0. The largest absolute Gasteiger partial charge is 0.388 e. The van der Waals surface area contributed by atoms with Gasteiger partial charge in [-0.2, -0.15) is 0 Å². The third kappa shape index (κ3) is 6.36. The van der Waals surface area contributed by atoms with E-state index in [4.69, 9.17) is 9.47 Å². The monoisotopic (exact) mass is 245 g/mol. The topological polar surface area (TPSA) is 50.7 Å². The Morgan fingerprint density at radius 1 is 1.35 bits per heavy atom. The van der Waals surface area contributed by atoms with Crippen molar-refractivity contribution in [3.63, 3.8) is 0 Å². The highest BCUT2D eigenvalue weighted by Gasteiger charge is 2.29. The Balaban J connectivity index is 1.89. The number of rotatable bonds is 10. The molecule has 1 rings (SSSR count). The van der Waals surface area contributed by atoms with Gasteiger partial charge in [0.25, 0.3) is 0 Å². The molecule has 1 saturated carbocycles. The molecular weight excluding hydrogens is 218 g/mol. The molecule has 1 aliphatic carbocycles. The van der Waals surface area contributed by atoms with Gasteiger partial charge in [0, 0.05) is 6.61 Å². The predicted molar refractivity (Wildman–Crippen MR) is 68.1 cm³/mol. The van der Waals surface area contributed by atoms with Crippen molar-refractivity contribution in [3.05, 3.63) is 0 Å². The van der Waals surface area contributed by atoms with Gasteiger partial charge in [0.05, 0.1) is 19.3 Å². The van der Waals surface area contributed by atoms with Gasteiger partial charge in [0.2, 0.25) is 0 Å². The van der Waals surface area contributed by atoms with Crippen molar-refractivity contribution in [2.45, 2.75) is 44.8 Å². The minimum absolute atomic E-state index is 0.346.